The second-order valence-electron chi connectivity index (χ2n) is 5.75. The van der Waals surface area contributed by atoms with Gasteiger partial charge in [0.15, 0.2) is 0 Å². The van der Waals surface area contributed by atoms with Crippen LogP contribution < -0.4 is 5.73 Å². The van der Waals surface area contributed by atoms with Crippen molar-refractivity contribution in [3.63, 3.8) is 0 Å². The largest absolute Gasteiger partial charge is 0.329 e. The highest BCUT2D eigenvalue weighted by molar-refractivity contribution is 9.11. The van der Waals surface area contributed by atoms with Crippen LogP contribution in [0.5, 0.6) is 0 Å². The van der Waals surface area contributed by atoms with Crippen molar-refractivity contribution in [1.82, 2.24) is 4.90 Å². The lowest BCUT2D eigenvalue weighted by molar-refractivity contribution is 0.242. The molecule has 1 heterocycles. The minimum Gasteiger partial charge on any atom is -0.329 e. The molecule has 1 aromatic carbocycles. The molecule has 0 aliphatic heterocycles. The predicted octanol–water partition coefficient (Wildman–Crippen LogP) is 4.77. The molecule has 21 heavy (non-hydrogen) atoms. The lowest BCUT2D eigenvalue weighted by Crippen LogP contribution is -2.30. The van der Waals surface area contributed by atoms with Crippen LogP contribution in [-0.2, 0) is 6.54 Å². The van der Waals surface area contributed by atoms with Crippen LogP contribution in [0.2, 0.25) is 0 Å². The van der Waals surface area contributed by atoms with Gasteiger partial charge in [0.05, 0.1) is 3.79 Å². The van der Waals surface area contributed by atoms with E-state index in [1.807, 2.05) is 0 Å². The van der Waals surface area contributed by atoms with Gasteiger partial charge in [0, 0.05) is 19.1 Å². The predicted molar refractivity (Wildman–Crippen MR) is 95.8 cm³/mol. The van der Waals surface area contributed by atoms with Crippen LogP contribution in [-0.4, -0.2) is 18.5 Å². The number of nitrogens with zero attached hydrogens (tertiary/aromatic N) is 1. The average Bonchev–Trinajstić information content (AvgIpc) is 2.85. The molecule has 0 bridgehead atoms. The summed E-state index contributed by atoms with van der Waals surface area (Å²) >= 11 is 5.24. The minimum atomic E-state index is 0.255. The molecule has 1 unspecified atom stereocenters. The third-order valence-electron chi connectivity index (χ3n) is 3.80. The zero-order valence-corrected chi connectivity index (χ0v) is 15.2. The lowest BCUT2D eigenvalue weighted by atomic mass is 9.98. The first-order valence-corrected chi connectivity index (χ1v) is 8.91. The van der Waals surface area contributed by atoms with Gasteiger partial charge in [-0.25, -0.2) is 0 Å². The molecule has 2 N–H and O–H groups in total. The fourth-order valence-electron chi connectivity index (χ4n) is 2.50. The second kappa shape index (κ2) is 7.54. The summed E-state index contributed by atoms with van der Waals surface area (Å²) in [7, 11) is 2.14. The monoisotopic (exact) mass is 366 g/mol. The first-order valence-electron chi connectivity index (χ1n) is 7.24. The van der Waals surface area contributed by atoms with Gasteiger partial charge in [0.2, 0.25) is 0 Å². The summed E-state index contributed by atoms with van der Waals surface area (Å²) in [6.45, 7) is 5.98. The van der Waals surface area contributed by atoms with Gasteiger partial charge in [-0.05, 0) is 57.0 Å². The standard InChI is InChI=1S/C17H23BrN2S/c1-12(2)14-4-6-15(7-5-14)16(9-19)20(3)10-13-8-17(18)21-11-13/h4-8,11-12,16H,9-10,19H2,1-3H3. The van der Waals surface area contributed by atoms with Crippen molar-refractivity contribution in [2.45, 2.75) is 32.4 Å². The number of halogens is 1. The van der Waals surface area contributed by atoms with Crippen LogP contribution in [0.1, 0.15) is 42.5 Å². The fourth-order valence-corrected chi connectivity index (χ4v) is 3.70. The molecule has 2 rings (SSSR count). The molecule has 0 spiro atoms. The van der Waals surface area contributed by atoms with E-state index >= 15 is 0 Å². The fraction of sp³-hybridized carbons (Fsp3) is 0.412. The molecular weight excluding hydrogens is 344 g/mol. The quantitative estimate of drug-likeness (QED) is 0.797. The number of hydrogen-bond acceptors (Lipinski definition) is 3. The molecule has 0 aliphatic carbocycles. The molecule has 2 nitrogen and oxygen atoms in total. The van der Waals surface area contributed by atoms with Gasteiger partial charge < -0.3 is 5.73 Å². The number of likely N-dealkylation sites (N-methyl/N-ethyl adjacent to an activating group) is 1. The topological polar surface area (TPSA) is 29.3 Å². The molecule has 0 saturated heterocycles. The molecule has 0 aliphatic rings. The van der Waals surface area contributed by atoms with E-state index in [1.54, 1.807) is 11.3 Å². The van der Waals surface area contributed by atoms with Gasteiger partial charge in [0.1, 0.15) is 0 Å². The maximum atomic E-state index is 6.01. The summed E-state index contributed by atoms with van der Waals surface area (Å²) in [5.41, 5.74) is 10.0. The van der Waals surface area contributed by atoms with E-state index in [9.17, 15) is 0 Å². The maximum absolute atomic E-state index is 6.01. The van der Waals surface area contributed by atoms with Crippen LogP contribution in [0.15, 0.2) is 39.5 Å². The summed E-state index contributed by atoms with van der Waals surface area (Å²) in [4.78, 5) is 2.32. The van der Waals surface area contributed by atoms with Crippen molar-refractivity contribution in [3.05, 3.63) is 56.2 Å². The number of benzene rings is 1. The minimum absolute atomic E-state index is 0.255. The van der Waals surface area contributed by atoms with Crippen LogP contribution in [0.3, 0.4) is 0 Å². The van der Waals surface area contributed by atoms with Gasteiger partial charge in [-0.3, -0.25) is 4.90 Å². The van der Waals surface area contributed by atoms with E-state index in [4.69, 9.17) is 5.73 Å². The van der Waals surface area contributed by atoms with Crippen molar-refractivity contribution in [1.29, 1.82) is 0 Å². The normalized spacial score (nSPS) is 13.1. The van der Waals surface area contributed by atoms with Gasteiger partial charge in [-0.2, -0.15) is 0 Å². The Bertz CT molecular complexity index is 562. The van der Waals surface area contributed by atoms with Crippen molar-refractivity contribution in [2.24, 2.45) is 5.73 Å². The lowest BCUT2D eigenvalue weighted by Gasteiger charge is -2.27. The van der Waals surface area contributed by atoms with E-state index in [1.165, 1.54) is 20.5 Å². The zero-order valence-electron chi connectivity index (χ0n) is 12.8. The summed E-state index contributed by atoms with van der Waals surface area (Å²) in [5, 5.41) is 2.19. The van der Waals surface area contributed by atoms with E-state index in [0.29, 0.717) is 12.5 Å². The number of nitrogens with two attached hydrogens (primary N) is 1. The summed E-state index contributed by atoms with van der Waals surface area (Å²) in [5.74, 6) is 0.566. The summed E-state index contributed by atoms with van der Waals surface area (Å²) < 4.78 is 1.18. The van der Waals surface area contributed by atoms with Crippen molar-refractivity contribution in [3.8, 4) is 0 Å². The number of rotatable bonds is 6. The zero-order chi connectivity index (χ0) is 15.4. The first kappa shape index (κ1) is 16.7. The Balaban J connectivity index is 2.10. The molecule has 1 aromatic heterocycles. The SMILES string of the molecule is CC(C)c1ccc(C(CN)N(C)Cc2csc(Br)c2)cc1. The van der Waals surface area contributed by atoms with Gasteiger partial charge in [-0.1, -0.05) is 38.1 Å². The molecule has 0 radical (unpaired) electrons. The Morgan fingerprint density at radius 1 is 1.19 bits per heavy atom. The molecular formula is C17H23BrN2S. The van der Waals surface area contributed by atoms with E-state index in [0.717, 1.165) is 6.54 Å². The van der Waals surface area contributed by atoms with Crippen LogP contribution in [0, 0.1) is 0 Å². The van der Waals surface area contributed by atoms with Crippen LogP contribution in [0.25, 0.3) is 0 Å². The highest BCUT2D eigenvalue weighted by Gasteiger charge is 2.16. The first-order chi connectivity index (χ1) is 10.0. The molecule has 1 atom stereocenters. The van der Waals surface area contributed by atoms with E-state index in [2.05, 4.69) is 77.4 Å². The Morgan fingerprint density at radius 2 is 1.81 bits per heavy atom. The van der Waals surface area contributed by atoms with Crippen molar-refractivity contribution >= 4 is 27.3 Å². The molecule has 0 amide bonds. The van der Waals surface area contributed by atoms with Crippen LogP contribution in [0.4, 0.5) is 0 Å². The smallest absolute Gasteiger partial charge is 0.0701 e. The third kappa shape index (κ3) is 4.39. The molecule has 4 heteroatoms. The van der Waals surface area contributed by atoms with Gasteiger partial charge in [-0.15, -0.1) is 11.3 Å². The molecule has 114 valence electrons. The average molecular weight is 367 g/mol. The third-order valence-corrected chi connectivity index (χ3v) is 5.35. The maximum Gasteiger partial charge on any atom is 0.0701 e. The second-order valence-corrected chi connectivity index (χ2v) is 8.04. The number of hydrogen-bond donors (Lipinski definition) is 1. The Labute approximate surface area is 140 Å². The van der Waals surface area contributed by atoms with Crippen molar-refractivity contribution < 1.29 is 0 Å². The number of thiophene rings is 1. The Hall–Kier alpha value is -0.680. The van der Waals surface area contributed by atoms with Crippen molar-refractivity contribution in [2.75, 3.05) is 13.6 Å². The Morgan fingerprint density at radius 3 is 2.29 bits per heavy atom. The molecule has 2 aromatic rings. The van der Waals surface area contributed by atoms with Crippen LogP contribution >= 0.6 is 27.3 Å². The Kier molecular flexibility index (Phi) is 5.99. The highest BCUT2D eigenvalue weighted by atomic mass is 79.9. The summed E-state index contributed by atoms with van der Waals surface area (Å²) in [6.07, 6.45) is 0. The molecule has 0 saturated carbocycles. The summed E-state index contributed by atoms with van der Waals surface area (Å²) in [6, 6.07) is 11.3. The highest BCUT2D eigenvalue weighted by Crippen LogP contribution is 2.26. The van der Waals surface area contributed by atoms with E-state index < -0.39 is 0 Å². The van der Waals surface area contributed by atoms with Gasteiger partial charge >= 0.3 is 0 Å². The molecule has 0 fully saturated rings. The van der Waals surface area contributed by atoms with Gasteiger partial charge in [0.25, 0.3) is 0 Å². The van der Waals surface area contributed by atoms with E-state index in [-0.39, 0.29) is 6.04 Å².